The average molecular weight is 507 g/mol. The smallest absolute Gasteiger partial charge is 0.435 e. The first kappa shape index (κ1) is 30.1. The number of aliphatic imine (C=N–C) groups is 1. The van der Waals surface area contributed by atoms with Gasteiger partial charge in [0.05, 0.1) is 12.9 Å². The van der Waals surface area contributed by atoms with Gasteiger partial charge in [0, 0.05) is 6.42 Å². The number of rotatable bonds is 9. The van der Waals surface area contributed by atoms with Gasteiger partial charge in [0.1, 0.15) is 17.4 Å². The van der Waals surface area contributed by atoms with E-state index in [0.29, 0.717) is 0 Å². The van der Waals surface area contributed by atoms with Crippen LogP contribution in [0.4, 0.5) is 4.79 Å². The molecule has 1 aromatic carbocycles. The quantitative estimate of drug-likeness (QED) is 0.265. The van der Waals surface area contributed by atoms with Gasteiger partial charge in [-0.2, -0.15) is 4.99 Å². The molecule has 0 bridgehead atoms. The third-order valence-electron chi connectivity index (χ3n) is 5.85. The van der Waals surface area contributed by atoms with Crippen LogP contribution in [-0.2, 0) is 20.7 Å². The highest BCUT2D eigenvalue weighted by Crippen LogP contribution is 2.38. The number of aryl methyl sites for hydroxylation is 2. The molecule has 196 valence electrons. The molecular formula is C25H42N4O5Si. The summed E-state index contributed by atoms with van der Waals surface area (Å²) in [6.45, 7) is 19.8. The molecule has 35 heavy (non-hydrogen) atoms. The number of nitrogens with two attached hydrogens (primary N) is 1. The molecule has 9 nitrogen and oxygen atoms in total. The first-order valence-electron chi connectivity index (χ1n) is 11.7. The molecule has 0 aliphatic carbocycles. The number of nitrogens with zero attached hydrogens (tertiary/aromatic N) is 1. The third-order valence-corrected chi connectivity index (χ3v) is 10.2. The zero-order valence-corrected chi connectivity index (χ0v) is 23.8. The molecule has 10 heteroatoms. The zero-order chi connectivity index (χ0) is 27.2. The third kappa shape index (κ3) is 10.1. The van der Waals surface area contributed by atoms with Crippen molar-refractivity contribution in [2.75, 3.05) is 6.54 Å². The van der Waals surface area contributed by atoms with Crippen LogP contribution in [0.25, 0.3) is 0 Å². The summed E-state index contributed by atoms with van der Waals surface area (Å²) in [6.07, 6.45) is 0.570. The second-order valence-electron chi connectivity index (χ2n) is 11.2. The summed E-state index contributed by atoms with van der Waals surface area (Å²) in [5.74, 6) is -0.290. The highest BCUT2D eigenvalue weighted by molar-refractivity contribution is 6.74. The summed E-state index contributed by atoms with van der Waals surface area (Å²) < 4.78 is 11.5. The molecule has 4 N–H and O–H groups in total. The first-order chi connectivity index (χ1) is 15.8. The molecule has 0 fully saturated rings. The van der Waals surface area contributed by atoms with Gasteiger partial charge in [-0.3, -0.25) is 9.59 Å². The Kier molecular flexibility index (Phi) is 10.1. The number of carbonyl (C=O) groups excluding carboxylic acids is 3. The highest BCUT2D eigenvalue weighted by Gasteiger charge is 2.39. The van der Waals surface area contributed by atoms with Gasteiger partial charge in [-0.25, -0.2) is 4.79 Å². The fraction of sp³-hybridized carbons (Fsp3) is 0.600. The number of ether oxygens (including phenoxy) is 1. The van der Waals surface area contributed by atoms with Crippen LogP contribution in [-0.4, -0.2) is 50.8 Å². The lowest BCUT2D eigenvalue weighted by atomic mass is 9.95. The van der Waals surface area contributed by atoms with Crippen LogP contribution in [0.2, 0.25) is 18.1 Å². The largest absolute Gasteiger partial charge is 0.543 e. The molecule has 3 amide bonds. The van der Waals surface area contributed by atoms with Crippen LogP contribution < -0.4 is 20.8 Å². The normalized spacial score (nSPS) is 13.3. The summed E-state index contributed by atoms with van der Waals surface area (Å²) in [5, 5.41) is 5.31. The maximum atomic E-state index is 12.3. The Morgan fingerprint density at radius 2 is 1.63 bits per heavy atom. The van der Waals surface area contributed by atoms with Gasteiger partial charge in [-0.15, -0.1) is 0 Å². The highest BCUT2D eigenvalue weighted by atomic mass is 28.4. The standard InChI is InChI=1S/C25H42N4O5Si/c1-16-11-18(34-35(9,10)25(6,7)8)12-17(2)19(16)13-20(22(26)31)29-21(30)14-27-15-28-23(32)33-24(3,4)5/h11-12,15,20H,13-14H2,1-10H3,(H2,26,31)(H,29,30)(H,27,28,32). The second kappa shape index (κ2) is 11.7. The summed E-state index contributed by atoms with van der Waals surface area (Å²) in [6, 6.07) is 3.05. The van der Waals surface area contributed by atoms with Crippen LogP contribution in [0.5, 0.6) is 5.75 Å². The fourth-order valence-corrected chi connectivity index (χ4v) is 3.99. The lowest BCUT2D eigenvalue weighted by molar-refractivity contribution is -0.126. The topological polar surface area (TPSA) is 132 Å². The van der Waals surface area contributed by atoms with Gasteiger partial charge in [0.2, 0.25) is 20.1 Å². The fourth-order valence-electron chi connectivity index (χ4n) is 2.98. The number of amides is 3. The van der Waals surface area contributed by atoms with Crippen LogP contribution in [0.1, 0.15) is 58.2 Å². The summed E-state index contributed by atoms with van der Waals surface area (Å²) in [5.41, 5.74) is 7.75. The minimum atomic E-state index is -1.99. The van der Waals surface area contributed by atoms with Gasteiger partial charge in [0.15, 0.2) is 0 Å². The van der Waals surface area contributed by atoms with Crippen LogP contribution >= 0.6 is 0 Å². The molecular weight excluding hydrogens is 464 g/mol. The molecule has 1 atom stereocenters. The maximum absolute atomic E-state index is 12.3. The van der Waals surface area contributed by atoms with Crippen LogP contribution in [0.3, 0.4) is 0 Å². The summed E-state index contributed by atoms with van der Waals surface area (Å²) in [7, 11) is -1.99. The van der Waals surface area contributed by atoms with Crippen molar-refractivity contribution >= 4 is 32.6 Å². The minimum Gasteiger partial charge on any atom is -0.543 e. The zero-order valence-electron chi connectivity index (χ0n) is 22.8. The van der Waals surface area contributed by atoms with Crippen molar-refractivity contribution in [3.63, 3.8) is 0 Å². The Labute approximate surface area is 210 Å². The summed E-state index contributed by atoms with van der Waals surface area (Å²) >= 11 is 0. The van der Waals surface area contributed by atoms with E-state index in [9.17, 15) is 14.4 Å². The van der Waals surface area contributed by atoms with Crippen molar-refractivity contribution in [3.05, 3.63) is 28.8 Å². The van der Waals surface area contributed by atoms with Gasteiger partial charge >= 0.3 is 6.09 Å². The van der Waals surface area contributed by atoms with E-state index in [4.69, 9.17) is 14.9 Å². The van der Waals surface area contributed by atoms with E-state index >= 15 is 0 Å². The molecule has 0 aromatic heterocycles. The predicted molar refractivity (Wildman–Crippen MR) is 141 cm³/mol. The van der Waals surface area contributed by atoms with E-state index in [-0.39, 0.29) is 18.0 Å². The van der Waals surface area contributed by atoms with Crippen molar-refractivity contribution in [1.82, 2.24) is 10.6 Å². The van der Waals surface area contributed by atoms with Crippen LogP contribution in [0, 0.1) is 13.8 Å². The Hall–Kier alpha value is -2.88. The van der Waals surface area contributed by atoms with Gasteiger partial charge in [-0.1, -0.05) is 20.8 Å². The summed E-state index contributed by atoms with van der Waals surface area (Å²) in [4.78, 5) is 39.5. The van der Waals surface area contributed by atoms with E-state index in [1.54, 1.807) is 20.8 Å². The lowest BCUT2D eigenvalue weighted by Crippen LogP contribution is -2.48. The molecule has 0 saturated heterocycles. The molecule has 0 heterocycles. The Balaban J connectivity index is 2.83. The van der Waals surface area contributed by atoms with E-state index in [0.717, 1.165) is 28.8 Å². The van der Waals surface area contributed by atoms with Gasteiger partial charge < -0.3 is 25.5 Å². The van der Waals surface area contributed by atoms with Crippen molar-refractivity contribution in [2.24, 2.45) is 10.7 Å². The Bertz CT molecular complexity index is 939. The van der Waals surface area contributed by atoms with E-state index in [1.165, 1.54) is 0 Å². The second-order valence-corrected chi connectivity index (χ2v) is 16.0. The van der Waals surface area contributed by atoms with Crippen molar-refractivity contribution in [3.8, 4) is 5.75 Å². The van der Waals surface area contributed by atoms with Crippen LogP contribution in [0.15, 0.2) is 17.1 Å². The average Bonchev–Trinajstić information content (AvgIpc) is 2.64. The number of hydrogen-bond acceptors (Lipinski definition) is 5. The van der Waals surface area contributed by atoms with E-state index < -0.39 is 37.9 Å². The van der Waals surface area contributed by atoms with Crippen molar-refractivity contribution < 1.29 is 23.5 Å². The van der Waals surface area contributed by atoms with Crippen molar-refractivity contribution in [2.45, 2.75) is 91.6 Å². The number of carbonyl (C=O) groups is 3. The number of primary amides is 1. The predicted octanol–water partition coefficient (Wildman–Crippen LogP) is 3.75. The maximum Gasteiger partial charge on any atom is 0.435 e. The molecule has 0 spiro atoms. The monoisotopic (exact) mass is 506 g/mol. The number of hydrogen-bond donors (Lipinski definition) is 3. The molecule has 0 radical (unpaired) electrons. The number of nitrogens with one attached hydrogen (secondary N) is 2. The van der Waals surface area contributed by atoms with Crippen molar-refractivity contribution in [1.29, 1.82) is 0 Å². The number of benzene rings is 1. The van der Waals surface area contributed by atoms with Gasteiger partial charge in [0.25, 0.3) is 0 Å². The molecule has 1 unspecified atom stereocenters. The molecule has 1 aromatic rings. The molecule has 1 rings (SSSR count). The Morgan fingerprint density at radius 1 is 1.09 bits per heavy atom. The minimum absolute atomic E-state index is 0.0699. The molecule has 0 aliphatic rings. The molecule has 0 aliphatic heterocycles. The molecule has 0 saturated carbocycles. The van der Waals surface area contributed by atoms with E-state index in [1.807, 2.05) is 26.0 Å². The lowest BCUT2D eigenvalue weighted by Gasteiger charge is -2.36. The van der Waals surface area contributed by atoms with Gasteiger partial charge in [-0.05, 0) is 81.6 Å². The first-order valence-corrected chi connectivity index (χ1v) is 14.6. The van der Waals surface area contributed by atoms with E-state index in [2.05, 4.69) is 49.5 Å². The SMILES string of the molecule is Cc1cc(O[Si](C)(C)C(C)(C)C)cc(C)c1CC(NC(=O)CNC=NC(=O)OC(C)(C)C)C(N)=O. The Morgan fingerprint density at radius 3 is 2.09 bits per heavy atom.